The van der Waals surface area contributed by atoms with Crippen LogP contribution in [0.1, 0.15) is 15.9 Å². The zero-order valence-corrected chi connectivity index (χ0v) is 13.1. The third-order valence-electron chi connectivity index (χ3n) is 3.54. The molecule has 0 atom stereocenters. The number of fused-ring (bicyclic) bond motifs is 1. The monoisotopic (exact) mass is 328 g/mol. The van der Waals surface area contributed by atoms with Crippen LogP contribution in [-0.4, -0.2) is 43.8 Å². The number of carbonyl (C=O) groups excluding carboxylic acids is 1. The number of hydrogen-bond donors (Lipinski definition) is 1. The first-order valence-electron chi connectivity index (χ1n) is 6.82. The predicted molar refractivity (Wildman–Crippen MR) is 87.4 cm³/mol. The van der Waals surface area contributed by atoms with Crippen molar-refractivity contribution in [2.45, 2.75) is 4.90 Å². The Balaban J connectivity index is 1.97. The van der Waals surface area contributed by atoms with Crippen LogP contribution in [0.25, 0.3) is 0 Å². The van der Waals surface area contributed by atoms with E-state index >= 15 is 0 Å². The molecular weight excluding hydrogens is 315 g/mol. The highest BCUT2D eigenvalue weighted by Crippen LogP contribution is 2.15. The summed E-state index contributed by atoms with van der Waals surface area (Å²) in [5.74, 6) is -0.575. The zero-order valence-electron chi connectivity index (χ0n) is 12.2. The average Bonchev–Trinajstić information content (AvgIpc) is 2.54. The van der Waals surface area contributed by atoms with Crippen molar-refractivity contribution >= 4 is 34.5 Å². The summed E-state index contributed by atoms with van der Waals surface area (Å²) in [4.78, 5) is 13.5. The lowest BCUT2D eigenvalue weighted by atomic mass is 9.69. The molecule has 1 amide bonds. The van der Waals surface area contributed by atoms with Gasteiger partial charge in [-0.25, -0.2) is 13.3 Å². The lowest BCUT2D eigenvalue weighted by Crippen LogP contribution is -2.52. The van der Waals surface area contributed by atoms with Crippen LogP contribution in [0.2, 0.25) is 0 Å². The Morgan fingerprint density at radius 2 is 1.91 bits per heavy atom. The molecule has 2 aromatic carbocycles. The molecule has 0 bridgehead atoms. The fourth-order valence-electron chi connectivity index (χ4n) is 2.34. The van der Waals surface area contributed by atoms with Crippen LogP contribution >= 0.6 is 0 Å². The van der Waals surface area contributed by atoms with Crippen LogP contribution in [0.5, 0.6) is 0 Å². The van der Waals surface area contributed by atoms with Crippen molar-refractivity contribution in [1.82, 2.24) is 4.92 Å². The van der Waals surface area contributed by atoms with Gasteiger partial charge in [0.05, 0.1) is 11.1 Å². The van der Waals surface area contributed by atoms with Crippen molar-refractivity contribution in [3.63, 3.8) is 0 Å². The number of amides is 1. The second-order valence-corrected chi connectivity index (χ2v) is 7.21. The lowest BCUT2D eigenvalue weighted by Gasteiger charge is -2.25. The summed E-state index contributed by atoms with van der Waals surface area (Å²) in [5, 5.41) is 14.3. The smallest absolute Gasteiger partial charge is 0.427 e. The van der Waals surface area contributed by atoms with Gasteiger partial charge >= 0.3 is 7.05 Å². The van der Waals surface area contributed by atoms with Gasteiger partial charge in [-0.2, -0.15) is 5.10 Å². The largest absolute Gasteiger partial charge is 0.474 e. The fraction of sp³-hybridized carbons (Fsp3) is 0.0667. The Labute approximate surface area is 134 Å². The number of nitrogens with zero attached hydrogens (tertiary/aromatic N) is 2. The quantitative estimate of drug-likeness (QED) is 0.802. The number of sulfone groups is 1. The summed E-state index contributed by atoms with van der Waals surface area (Å²) < 4.78 is 23.2. The van der Waals surface area contributed by atoms with Crippen molar-refractivity contribution in [2.24, 2.45) is 5.10 Å². The average molecular weight is 328 g/mol. The highest BCUT2D eigenvalue weighted by Gasteiger charge is 2.33. The summed E-state index contributed by atoms with van der Waals surface area (Å²) in [6.07, 6.45) is 2.56. The van der Waals surface area contributed by atoms with Gasteiger partial charge in [0, 0.05) is 11.8 Å². The summed E-state index contributed by atoms with van der Waals surface area (Å²) in [5.41, 5.74) is 1.44. The third kappa shape index (κ3) is 2.90. The Hall–Kier alpha value is -2.45. The molecule has 1 heterocycles. The van der Waals surface area contributed by atoms with Crippen LogP contribution in [0.15, 0.2) is 58.5 Å². The SMILES string of the molecule is CS(=O)(=O)c1cccc(C(=O)N2N=Cc3ccccc3B2O)c1. The van der Waals surface area contributed by atoms with Crippen LogP contribution in [0.3, 0.4) is 0 Å². The minimum atomic E-state index is -3.42. The molecule has 23 heavy (non-hydrogen) atoms. The van der Waals surface area contributed by atoms with Gasteiger partial charge in [0.15, 0.2) is 9.84 Å². The van der Waals surface area contributed by atoms with Gasteiger partial charge in [-0.15, -0.1) is 0 Å². The highest BCUT2D eigenvalue weighted by molar-refractivity contribution is 7.90. The molecule has 1 N–H and O–H groups in total. The van der Waals surface area contributed by atoms with Gasteiger partial charge in [0.25, 0.3) is 5.91 Å². The molecule has 0 saturated carbocycles. The Kier molecular flexibility index (Phi) is 3.79. The van der Waals surface area contributed by atoms with E-state index in [4.69, 9.17) is 0 Å². The number of hydrazone groups is 1. The molecule has 6 nitrogen and oxygen atoms in total. The van der Waals surface area contributed by atoms with E-state index in [9.17, 15) is 18.2 Å². The van der Waals surface area contributed by atoms with E-state index < -0.39 is 22.8 Å². The zero-order chi connectivity index (χ0) is 16.6. The molecule has 3 rings (SSSR count). The summed E-state index contributed by atoms with van der Waals surface area (Å²) >= 11 is 0. The molecule has 0 aliphatic carbocycles. The van der Waals surface area contributed by atoms with Gasteiger partial charge in [-0.05, 0) is 29.2 Å². The molecule has 0 saturated heterocycles. The molecule has 0 radical (unpaired) electrons. The molecule has 0 aromatic heterocycles. The standard InChI is InChI=1S/C15H13BN2O4S/c1-23(21,22)13-7-4-6-11(9-13)15(19)18-16(20)14-8-3-2-5-12(14)10-17-18/h2-10,20H,1H3. The Morgan fingerprint density at radius 3 is 2.65 bits per heavy atom. The fourth-order valence-corrected chi connectivity index (χ4v) is 3.01. The normalized spacial score (nSPS) is 13.8. The van der Waals surface area contributed by atoms with E-state index in [1.54, 1.807) is 18.2 Å². The molecule has 8 heteroatoms. The maximum Gasteiger partial charge on any atom is 0.474 e. The van der Waals surface area contributed by atoms with Gasteiger partial charge < -0.3 is 5.02 Å². The lowest BCUT2D eigenvalue weighted by molar-refractivity contribution is 0.0846. The van der Waals surface area contributed by atoms with Crippen molar-refractivity contribution in [3.8, 4) is 0 Å². The number of rotatable bonds is 2. The highest BCUT2D eigenvalue weighted by atomic mass is 32.2. The number of hydrogen-bond acceptors (Lipinski definition) is 5. The first-order chi connectivity index (χ1) is 10.9. The molecule has 2 aromatic rings. The van der Waals surface area contributed by atoms with Crippen LogP contribution < -0.4 is 5.46 Å². The Bertz CT molecular complexity index is 911. The van der Waals surface area contributed by atoms with Crippen LogP contribution in [-0.2, 0) is 9.84 Å². The molecule has 1 aliphatic heterocycles. The van der Waals surface area contributed by atoms with Crippen molar-refractivity contribution < 1.29 is 18.2 Å². The van der Waals surface area contributed by atoms with Gasteiger partial charge in [0.1, 0.15) is 0 Å². The predicted octanol–water partition coefficient (Wildman–Crippen LogP) is 0.268. The number of carbonyl (C=O) groups is 1. The summed E-state index contributed by atoms with van der Waals surface area (Å²) in [6.45, 7) is 0. The summed E-state index contributed by atoms with van der Waals surface area (Å²) in [7, 11) is -4.64. The second-order valence-electron chi connectivity index (χ2n) is 5.20. The van der Waals surface area contributed by atoms with E-state index in [-0.39, 0.29) is 10.5 Å². The van der Waals surface area contributed by atoms with Gasteiger partial charge in [-0.3, -0.25) is 4.79 Å². The van der Waals surface area contributed by atoms with E-state index in [1.165, 1.54) is 30.5 Å². The summed E-state index contributed by atoms with van der Waals surface area (Å²) in [6, 6.07) is 12.7. The first kappa shape index (κ1) is 15.5. The van der Waals surface area contributed by atoms with Crippen LogP contribution in [0, 0.1) is 0 Å². The van der Waals surface area contributed by atoms with Crippen molar-refractivity contribution in [1.29, 1.82) is 0 Å². The third-order valence-corrected chi connectivity index (χ3v) is 4.65. The molecule has 0 fully saturated rings. The second kappa shape index (κ2) is 5.64. The molecule has 116 valence electrons. The maximum atomic E-state index is 12.6. The molecular formula is C15H13BN2O4S. The Morgan fingerprint density at radius 1 is 1.17 bits per heavy atom. The van der Waals surface area contributed by atoms with Crippen LogP contribution in [0.4, 0.5) is 0 Å². The minimum Gasteiger partial charge on any atom is -0.427 e. The molecule has 1 aliphatic rings. The molecule has 0 unspecified atom stereocenters. The van der Waals surface area contributed by atoms with E-state index in [0.29, 0.717) is 5.46 Å². The van der Waals surface area contributed by atoms with E-state index in [1.807, 2.05) is 6.07 Å². The van der Waals surface area contributed by atoms with E-state index in [2.05, 4.69) is 5.10 Å². The minimum absolute atomic E-state index is 0.0410. The van der Waals surface area contributed by atoms with Crippen molar-refractivity contribution in [2.75, 3.05) is 6.26 Å². The number of benzene rings is 2. The topological polar surface area (TPSA) is 87.0 Å². The first-order valence-corrected chi connectivity index (χ1v) is 8.72. The van der Waals surface area contributed by atoms with Gasteiger partial charge in [0.2, 0.25) is 0 Å². The van der Waals surface area contributed by atoms with E-state index in [0.717, 1.165) is 16.7 Å². The van der Waals surface area contributed by atoms with Gasteiger partial charge in [-0.1, -0.05) is 30.3 Å². The molecule has 0 spiro atoms. The maximum absolute atomic E-state index is 12.6. The van der Waals surface area contributed by atoms with Crippen molar-refractivity contribution in [3.05, 3.63) is 59.7 Å².